The third-order valence-electron chi connectivity index (χ3n) is 6.30. The number of para-hydroxylation sites is 1. The first-order valence-corrected chi connectivity index (χ1v) is 11.2. The summed E-state index contributed by atoms with van der Waals surface area (Å²) in [6, 6.07) is 6.44. The van der Waals surface area contributed by atoms with E-state index in [1.165, 1.54) is 11.1 Å². The molecule has 4 nitrogen and oxygen atoms in total. The third-order valence-corrected chi connectivity index (χ3v) is 6.30. The molecule has 1 aromatic carbocycles. The number of unbranched alkanes of at least 4 members (excludes halogenated alkanes) is 4. The first-order chi connectivity index (χ1) is 13.7. The van der Waals surface area contributed by atoms with Gasteiger partial charge in [-0.3, -0.25) is 0 Å². The summed E-state index contributed by atoms with van der Waals surface area (Å²) in [7, 11) is 0. The van der Waals surface area contributed by atoms with Gasteiger partial charge in [-0.15, -0.1) is 0 Å². The van der Waals surface area contributed by atoms with Crippen LogP contribution in [-0.4, -0.2) is 35.1 Å². The molecule has 1 heterocycles. The Balaban J connectivity index is 1.68. The molecule has 4 heteroatoms. The number of aliphatic hydroxyl groups is 2. The zero-order chi connectivity index (χ0) is 19.9. The van der Waals surface area contributed by atoms with Gasteiger partial charge in [0.05, 0.1) is 12.2 Å². The molecule has 3 rings (SSSR count). The number of rotatable bonds is 11. The molecule has 1 fully saturated rings. The minimum Gasteiger partial charge on any atom is -0.489 e. The Hall–Kier alpha value is -1.36. The van der Waals surface area contributed by atoms with Crippen molar-refractivity contribution in [1.82, 2.24) is 0 Å². The lowest BCUT2D eigenvalue weighted by atomic mass is 9.86. The maximum Gasteiger partial charge on any atom is 0.126 e. The van der Waals surface area contributed by atoms with Crippen LogP contribution in [0.2, 0.25) is 0 Å². The summed E-state index contributed by atoms with van der Waals surface area (Å²) in [6.45, 7) is 2.92. The van der Waals surface area contributed by atoms with Crippen molar-refractivity contribution in [2.75, 3.05) is 6.54 Å². The number of benzene rings is 1. The number of hydrogen-bond donors (Lipinski definition) is 3. The topological polar surface area (TPSA) is 75.7 Å². The number of hydrogen-bond acceptors (Lipinski definition) is 4. The van der Waals surface area contributed by atoms with E-state index in [9.17, 15) is 10.2 Å². The molecule has 0 radical (unpaired) electrons. The van der Waals surface area contributed by atoms with Gasteiger partial charge in [-0.1, -0.05) is 63.0 Å². The van der Waals surface area contributed by atoms with Gasteiger partial charge in [0, 0.05) is 23.8 Å². The quantitative estimate of drug-likeness (QED) is 0.395. The van der Waals surface area contributed by atoms with Crippen LogP contribution in [0.4, 0.5) is 0 Å². The largest absolute Gasteiger partial charge is 0.489 e. The predicted molar refractivity (Wildman–Crippen MR) is 114 cm³/mol. The van der Waals surface area contributed by atoms with Crippen molar-refractivity contribution in [3.05, 3.63) is 41.5 Å². The van der Waals surface area contributed by atoms with E-state index < -0.39 is 12.2 Å². The summed E-state index contributed by atoms with van der Waals surface area (Å²) in [4.78, 5) is 0. The predicted octanol–water partition coefficient (Wildman–Crippen LogP) is 4.08. The van der Waals surface area contributed by atoms with E-state index in [1.54, 1.807) is 0 Å². The van der Waals surface area contributed by atoms with Gasteiger partial charge in [0.2, 0.25) is 0 Å². The molecule has 0 saturated heterocycles. The average Bonchev–Trinajstić information content (AvgIpc) is 3.19. The van der Waals surface area contributed by atoms with Crippen molar-refractivity contribution in [3.8, 4) is 5.75 Å². The fraction of sp³-hybridized carbons (Fsp3) is 0.667. The molecule has 1 aliphatic carbocycles. The van der Waals surface area contributed by atoms with Crippen molar-refractivity contribution >= 4 is 0 Å². The molecular formula is C24H37NO3. The third kappa shape index (κ3) is 4.97. The van der Waals surface area contributed by atoms with Crippen LogP contribution < -0.4 is 10.5 Å². The lowest BCUT2D eigenvalue weighted by Crippen LogP contribution is -2.17. The fourth-order valence-electron chi connectivity index (χ4n) is 4.76. The maximum atomic E-state index is 10.6. The van der Waals surface area contributed by atoms with Gasteiger partial charge in [0.15, 0.2) is 0 Å². The molecule has 2 aliphatic rings. The monoisotopic (exact) mass is 387 g/mol. The van der Waals surface area contributed by atoms with Crippen LogP contribution >= 0.6 is 0 Å². The van der Waals surface area contributed by atoms with E-state index in [-0.39, 0.29) is 17.9 Å². The second kappa shape index (κ2) is 10.4. The number of fused-ring (bicyclic) bond motifs is 3. The normalized spacial score (nSPS) is 27.0. The first-order valence-electron chi connectivity index (χ1n) is 11.2. The van der Waals surface area contributed by atoms with Crippen molar-refractivity contribution in [3.63, 3.8) is 0 Å². The molecule has 1 saturated carbocycles. The Morgan fingerprint density at radius 1 is 1.21 bits per heavy atom. The smallest absolute Gasteiger partial charge is 0.126 e. The van der Waals surface area contributed by atoms with Gasteiger partial charge < -0.3 is 20.7 Å². The summed E-state index contributed by atoms with van der Waals surface area (Å²) in [5.41, 5.74) is 8.11. The fourth-order valence-corrected chi connectivity index (χ4v) is 4.76. The Morgan fingerprint density at radius 3 is 2.86 bits per heavy atom. The Labute approximate surface area is 169 Å². The van der Waals surface area contributed by atoms with E-state index in [1.807, 2.05) is 12.2 Å². The Kier molecular flexibility index (Phi) is 7.95. The van der Waals surface area contributed by atoms with Crippen LogP contribution in [0.25, 0.3) is 0 Å². The van der Waals surface area contributed by atoms with Gasteiger partial charge in [-0.05, 0) is 37.8 Å². The molecule has 0 unspecified atom stereocenters. The highest BCUT2D eigenvalue weighted by Gasteiger charge is 2.48. The molecule has 1 aliphatic heterocycles. The lowest BCUT2D eigenvalue weighted by Gasteiger charge is -2.18. The van der Waals surface area contributed by atoms with Crippen LogP contribution in [0.3, 0.4) is 0 Å². The minimum atomic E-state index is -0.423. The number of nitrogens with two attached hydrogens (primary N) is 1. The molecular weight excluding hydrogens is 350 g/mol. The van der Waals surface area contributed by atoms with Crippen LogP contribution in [0.1, 0.15) is 75.3 Å². The summed E-state index contributed by atoms with van der Waals surface area (Å²) in [6.07, 6.45) is 12.3. The van der Waals surface area contributed by atoms with Crippen LogP contribution in [0.5, 0.6) is 5.75 Å². The van der Waals surface area contributed by atoms with Gasteiger partial charge in [-0.25, -0.2) is 0 Å². The van der Waals surface area contributed by atoms with Crippen LogP contribution in [-0.2, 0) is 6.42 Å². The first kappa shape index (κ1) is 21.4. The van der Waals surface area contributed by atoms with E-state index in [2.05, 4.69) is 25.1 Å². The van der Waals surface area contributed by atoms with E-state index in [4.69, 9.17) is 10.5 Å². The van der Waals surface area contributed by atoms with Crippen molar-refractivity contribution in [2.45, 2.75) is 88.9 Å². The van der Waals surface area contributed by atoms with Crippen LogP contribution in [0.15, 0.2) is 30.4 Å². The highest BCUT2D eigenvalue weighted by Crippen LogP contribution is 2.52. The SMILES string of the molecule is CCCCC[C@H](O)/C=C/[C@@H]1[C@H]2c3cccc(CCCCCN)c3O[C@H]2C[C@H]1O. The summed E-state index contributed by atoms with van der Waals surface area (Å²) in [5.74, 6) is 1.24. The lowest BCUT2D eigenvalue weighted by molar-refractivity contribution is 0.135. The summed E-state index contributed by atoms with van der Waals surface area (Å²) in [5, 5.41) is 20.8. The number of aryl methyl sites for hydroxylation is 1. The second-order valence-electron chi connectivity index (χ2n) is 8.45. The van der Waals surface area contributed by atoms with Crippen molar-refractivity contribution < 1.29 is 14.9 Å². The van der Waals surface area contributed by atoms with Gasteiger partial charge in [-0.2, -0.15) is 0 Å². The Morgan fingerprint density at radius 2 is 2.07 bits per heavy atom. The minimum absolute atomic E-state index is 0.0135. The van der Waals surface area contributed by atoms with Crippen LogP contribution in [0, 0.1) is 5.92 Å². The summed E-state index contributed by atoms with van der Waals surface area (Å²) >= 11 is 0. The Bertz CT molecular complexity index is 645. The molecule has 0 amide bonds. The number of aliphatic hydroxyl groups excluding tert-OH is 2. The molecule has 4 N–H and O–H groups in total. The zero-order valence-corrected chi connectivity index (χ0v) is 17.2. The molecule has 5 atom stereocenters. The van der Waals surface area contributed by atoms with Gasteiger partial charge in [0.25, 0.3) is 0 Å². The van der Waals surface area contributed by atoms with Gasteiger partial charge in [0.1, 0.15) is 11.9 Å². The number of ether oxygens (including phenoxy) is 1. The molecule has 156 valence electrons. The van der Waals surface area contributed by atoms with Gasteiger partial charge >= 0.3 is 0 Å². The molecule has 28 heavy (non-hydrogen) atoms. The van der Waals surface area contributed by atoms with E-state index in [0.29, 0.717) is 6.42 Å². The standard InChI is InChI=1S/C24H37NO3/c1-2-3-5-11-18(26)13-14-19-21(27)16-22-23(19)20-12-8-10-17(24(20)28-22)9-6-4-7-15-25/h8,10,12-14,18-19,21-23,26-27H,2-7,9,11,15-16,25H2,1H3/b14-13+/t18-,19-,21+,22-,23-/m0/s1. The van der Waals surface area contributed by atoms with E-state index in [0.717, 1.165) is 63.7 Å². The van der Waals surface area contributed by atoms with E-state index >= 15 is 0 Å². The zero-order valence-electron chi connectivity index (χ0n) is 17.2. The highest BCUT2D eigenvalue weighted by molar-refractivity contribution is 5.49. The molecule has 1 aromatic rings. The highest BCUT2D eigenvalue weighted by atomic mass is 16.5. The molecule has 0 spiro atoms. The van der Waals surface area contributed by atoms with Crippen molar-refractivity contribution in [2.24, 2.45) is 11.7 Å². The summed E-state index contributed by atoms with van der Waals surface area (Å²) < 4.78 is 6.32. The maximum absolute atomic E-state index is 10.6. The second-order valence-corrected chi connectivity index (χ2v) is 8.45. The van der Waals surface area contributed by atoms with Crippen molar-refractivity contribution in [1.29, 1.82) is 0 Å². The molecule has 0 bridgehead atoms. The average molecular weight is 388 g/mol. The molecule has 0 aromatic heterocycles.